The van der Waals surface area contributed by atoms with Crippen molar-refractivity contribution in [3.8, 4) is 0 Å². The van der Waals surface area contributed by atoms with E-state index in [1.807, 2.05) is 11.8 Å². The molecule has 4 heteroatoms. The van der Waals surface area contributed by atoms with Crippen molar-refractivity contribution in [2.75, 3.05) is 51.3 Å². The molecular weight excluding hydrogens is 254 g/mol. The molecule has 0 radical (unpaired) electrons. The summed E-state index contributed by atoms with van der Waals surface area (Å²) in [6.07, 6.45) is 5.97. The molecule has 1 unspecified atom stereocenters. The molecule has 0 aromatic carbocycles. The van der Waals surface area contributed by atoms with E-state index in [0.29, 0.717) is 6.04 Å². The van der Waals surface area contributed by atoms with Gasteiger partial charge in [0.25, 0.3) is 0 Å². The average molecular weight is 290 g/mol. The first-order valence-corrected chi connectivity index (χ1v) is 9.28. The molecule has 0 aromatic rings. The Kier molecular flexibility index (Phi) is 13.4. The zero-order valence-electron chi connectivity index (χ0n) is 13.5. The third kappa shape index (κ3) is 8.90. The summed E-state index contributed by atoms with van der Waals surface area (Å²) < 4.78 is 0. The van der Waals surface area contributed by atoms with Crippen LogP contribution in [0.5, 0.6) is 0 Å². The van der Waals surface area contributed by atoms with Crippen molar-refractivity contribution >= 4 is 11.8 Å². The summed E-state index contributed by atoms with van der Waals surface area (Å²) in [5, 5.41) is 0. The summed E-state index contributed by atoms with van der Waals surface area (Å²) in [6, 6.07) is 0.578. The molecular formula is C15H35N3S. The zero-order valence-corrected chi connectivity index (χ0v) is 14.3. The highest BCUT2D eigenvalue weighted by Gasteiger charge is 2.14. The van der Waals surface area contributed by atoms with Gasteiger partial charge < -0.3 is 10.6 Å². The fourth-order valence-corrected chi connectivity index (χ4v) is 3.00. The number of nitrogens with zero attached hydrogens (tertiary/aromatic N) is 2. The minimum atomic E-state index is 0.578. The molecule has 0 rings (SSSR count). The predicted octanol–water partition coefficient (Wildman–Crippen LogP) is 2.51. The van der Waals surface area contributed by atoms with Gasteiger partial charge in [0, 0.05) is 12.6 Å². The van der Waals surface area contributed by atoms with Crippen molar-refractivity contribution < 1.29 is 0 Å². The highest BCUT2D eigenvalue weighted by molar-refractivity contribution is 7.98. The normalized spacial score (nSPS) is 13.4. The number of thioether (sulfide) groups is 1. The van der Waals surface area contributed by atoms with Gasteiger partial charge in [0.1, 0.15) is 0 Å². The molecule has 0 fully saturated rings. The summed E-state index contributed by atoms with van der Waals surface area (Å²) in [5.41, 5.74) is 5.96. The van der Waals surface area contributed by atoms with Crippen LogP contribution in [0.15, 0.2) is 0 Å². The van der Waals surface area contributed by atoms with Crippen LogP contribution in [0.25, 0.3) is 0 Å². The van der Waals surface area contributed by atoms with Crippen molar-refractivity contribution in [3.63, 3.8) is 0 Å². The van der Waals surface area contributed by atoms with E-state index >= 15 is 0 Å². The first kappa shape index (κ1) is 19.2. The summed E-state index contributed by atoms with van der Waals surface area (Å²) in [6.45, 7) is 13.4. The van der Waals surface area contributed by atoms with Gasteiger partial charge >= 0.3 is 0 Å². The third-order valence-electron chi connectivity index (χ3n) is 3.89. The second-order valence-corrected chi connectivity index (χ2v) is 6.02. The Labute approximate surface area is 125 Å². The van der Waals surface area contributed by atoms with Crippen LogP contribution in [0.2, 0.25) is 0 Å². The van der Waals surface area contributed by atoms with E-state index in [1.165, 1.54) is 38.1 Å². The Bertz CT molecular complexity index is 186. The van der Waals surface area contributed by atoms with Crippen LogP contribution in [0.1, 0.15) is 40.0 Å². The van der Waals surface area contributed by atoms with Crippen molar-refractivity contribution in [2.45, 2.75) is 46.1 Å². The van der Waals surface area contributed by atoms with E-state index in [0.717, 1.165) is 26.2 Å². The first-order chi connectivity index (χ1) is 9.23. The van der Waals surface area contributed by atoms with Crippen molar-refractivity contribution in [3.05, 3.63) is 0 Å². The molecule has 0 aromatic heterocycles. The van der Waals surface area contributed by atoms with Gasteiger partial charge in [-0.15, -0.1) is 0 Å². The fraction of sp³-hybridized carbons (Fsp3) is 1.00. The third-order valence-corrected chi connectivity index (χ3v) is 4.59. The molecule has 2 N–H and O–H groups in total. The summed E-state index contributed by atoms with van der Waals surface area (Å²) in [5.74, 6) is 1.26. The lowest BCUT2D eigenvalue weighted by Gasteiger charge is -2.30. The van der Waals surface area contributed by atoms with Gasteiger partial charge in [-0.3, -0.25) is 4.90 Å². The van der Waals surface area contributed by atoms with Gasteiger partial charge in [-0.25, -0.2) is 0 Å². The largest absolute Gasteiger partial charge is 0.329 e. The van der Waals surface area contributed by atoms with Crippen molar-refractivity contribution in [1.82, 2.24) is 9.80 Å². The van der Waals surface area contributed by atoms with Gasteiger partial charge in [-0.2, -0.15) is 11.8 Å². The molecule has 0 saturated carbocycles. The summed E-state index contributed by atoms with van der Waals surface area (Å²) in [7, 11) is 0. The molecule has 0 bridgehead atoms. The van der Waals surface area contributed by atoms with Crippen molar-refractivity contribution in [2.24, 2.45) is 5.73 Å². The molecule has 116 valence electrons. The second kappa shape index (κ2) is 13.2. The SMILES string of the molecule is CCN(CC)CCCN(CC)C(CN)CCCSC. The topological polar surface area (TPSA) is 32.5 Å². The zero-order chi connectivity index (χ0) is 14.5. The van der Waals surface area contributed by atoms with Gasteiger partial charge in [0.2, 0.25) is 0 Å². The summed E-state index contributed by atoms with van der Waals surface area (Å²) in [4.78, 5) is 5.07. The fourth-order valence-electron chi connectivity index (χ4n) is 2.55. The minimum absolute atomic E-state index is 0.578. The van der Waals surface area contributed by atoms with Gasteiger partial charge in [0.15, 0.2) is 0 Å². The Hall–Kier alpha value is 0.230. The molecule has 1 atom stereocenters. The van der Waals surface area contributed by atoms with E-state index < -0.39 is 0 Å². The molecule has 0 saturated heterocycles. The molecule has 0 aliphatic carbocycles. The van der Waals surface area contributed by atoms with Gasteiger partial charge in [-0.1, -0.05) is 20.8 Å². The Morgan fingerprint density at radius 1 is 1.00 bits per heavy atom. The highest BCUT2D eigenvalue weighted by atomic mass is 32.2. The van der Waals surface area contributed by atoms with Crippen LogP contribution in [-0.2, 0) is 0 Å². The lowest BCUT2D eigenvalue weighted by atomic mass is 10.1. The number of hydrogen-bond acceptors (Lipinski definition) is 4. The van der Waals surface area contributed by atoms with Gasteiger partial charge in [0.05, 0.1) is 0 Å². The number of likely N-dealkylation sites (N-methyl/N-ethyl adjacent to an activating group) is 1. The van der Waals surface area contributed by atoms with E-state index in [1.54, 1.807) is 0 Å². The molecule has 19 heavy (non-hydrogen) atoms. The smallest absolute Gasteiger partial charge is 0.0218 e. The van der Waals surface area contributed by atoms with Crippen LogP contribution in [0, 0.1) is 0 Å². The second-order valence-electron chi connectivity index (χ2n) is 5.03. The van der Waals surface area contributed by atoms with Crippen LogP contribution in [0.4, 0.5) is 0 Å². The van der Waals surface area contributed by atoms with E-state index in [9.17, 15) is 0 Å². The van der Waals surface area contributed by atoms with E-state index in [-0.39, 0.29) is 0 Å². The molecule has 0 aliphatic rings. The Balaban J connectivity index is 4.00. The van der Waals surface area contributed by atoms with Crippen LogP contribution >= 0.6 is 11.8 Å². The number of rotatable bonds is 13. The van der Waals surface area contributed by atoms with Crippen LogP contribution < -0.4 is 5.73 Å². The Morgan fingerprint density at radius 3 is 2.16 bits per heavy atom. The standard InChI is InChI=1S/C15H35N3S/c1-5-17(6-2)11-9-12-18(7-3)15(14-16)10-8-13-19-4/h15H,5-14,16H2,1-4H3. The predicted molar refractivity (Wildman–Crippen MR) is 90.1 cm³/mol. The maximum atomic E-state index is 5.96. The van der Waals surface area contributed by atoms with Crippen LogP contribution in [0.3, 0.4) is 0 Å². The average Bonchev–Trinajstić information content (AvgIpc) is 2.45. The molecule has 0 spiro atoms. The molecule has 0 amide bonds. The van der Waals surface area contributed by atoms with Crippen molar-refractivity contribution in [1.29, 1.82) is 0 Å². The highest BCUT2D eigenvalue weighted by Crippen LogP contribution is 2.09. The molecule has 0 aliphatic heterocycles. The van der Waals surface area contributed by atoms with Crippen LogP contribution in [-0.4, -0.2) is 67.1 Å². The lowest BCUT2D eigenvalue weighted by Crippen LogP contribution is -2.42. The maximum Gasteiger partial charge on any atom is 0.0218 e. The lowest BCUT2D eigenvalue weighted by molar-refractivity contribution is 0.184. The minimum Gasteiger partial charge on any atom is -0.329 e. The van der Waals surface area contributed by atoms with Gasteiger partial charge in [-0.05, 0) is 64.0 Å². The quantitative estimate of drug-likeness (QED) is 0.528. The first-order valence-electron chi connectivity index (χ1n) is 7.88. The molecule has 3 nitrogen and oxygen atoms in total. The maximum absolute atomic E-state index is 5.96. The summed E-state index contributed by atoms with van der Waals surface area (Å²) >= 11 is 1.94. The monoisotopic (exact) mass is 289 g/mol. The number of hydrogen-bond donors (Lipinski definition) is 1. The molecule has 0 heterocycles. The Morgan fingerprint density at radius 2 is 1.68 bits per heavy atom. The number of nitrogens with two attached hydrogens (primary N) is 1. The van der Waals surface area contributed by atoms with E-state index in [2.05, 4.69) is 36.8 Å². The van der Waals surface area contributed by atoms with E-state index in [4.69, 9.17) is 5.73 Å².